The lowest BCUT2D eigenvalue weighted by Gasteiger charge is -2.31. The van der Waals surface area contributed by atoms with Gasteiger partial charge in [-0.25, -0.2) is 14.6 Å². The van der Waals surface area contributed by atoms with E-state index in [9.17, 15) is 22.8 Å². The molecule has 1 aromatic heterocycles. The molecule has 0 bridgehead atoms. The van der Waals surface area contributed by atoms with Crippen LogP contribution < -0.4 is 10.1 Å². The van der Waals surface area contributed by atoms with Gasteiger partial charge in [-0.3, -0.25) is 0 Å². The zero-order chi connectivity index (χ0) is 18.6. The normalized spacial score (nSPS) is 17.8. The number of carbonyl (C=O) groups is 2. The maximum absolute atomic E-state index is 13.1. The molecule has 1 saturated heterocycles. The summed E-state index contributed by atoms with van der Waals surface area (Å²) in [4.78, 5) is 28.2. The van der Waals surface area contributed by atoms with Crippen molar-refractivity contribution >= 4 is 17.7 Å². The third-order valence-corrected chi connectivity index (χ3v) is 3.41. The molecule has 2 heterocycles. The molecular formula is C14H16F3N3O5. The number of esters is 1. The molecule has 1 fully saturated rings. The third kappa shape index (κ3) is 4.50. The Hall–Kier alpha value is -2.56. The zero-order valence-corrected chi connectivity index (χ0v) is 13.4. The summed E-state index contributed by atoms with van der Waals surface area (Å²) in [5.41, 5.74) is -1.79. The molecule has 0 spiro atoms. The van der Waals surface area contributed by atoms with Gasteiger partial charge in [-0.15, -0.1) is 0 Å². The number of nitrogens with zero attached hydrogens (tertiary/aromatic N) is 2. The highest BCUT2D eigenvalue weighted by Gasteiger charge is 2.37. The molecule has 0 unspecified atom stereocenters. The van der Waals surface area contributed by atoms with Crippen molar-refractivity contribution in [2.24, 2.45) is 0 Å². The van der Waals surface area contributed by atoms with E-state index in [1.165, 1.54) is 20.3 Å². The van der Waals surface area contributed by atoms with Gasteiger partial charge >= 0.3 is 18.2 Å². The first-order valence-corrected chi connectivity index (χ1v) is 7.14. The standard InChI is InChI=1S/C14H16F3N3O5/c1-23-10-4-3-8(11(19-10)14(15,16)17)18-13(22)20-5-6-25-9(7-20)12(21)24-2/h3-4,9H,5-7H2,1-2H3,(H,18,22)/t9-/m1/s1. The number of hydrogen-bond donors (Lipinski definition) is 1. The van der Waals surface area contributed by atoms with Gasteiger partial charge in [0.1, 0.15) is 0 Å². The van der Waals surface area contributed by atoms with Crippen LogP contribution in [0.2, 0.25) is 0 Å². The lowest BCUT2D eigenvalue weighted by molar-refractivity contribution is -0.158. The third-order valence-electron chi connectivity index (χ3n) is 3.41. The summed E-state index contributed by atoms with van der Waals surface area (Å²) in [6.45, 7) is 0.0356. The van der Waals surface area contributed by atoms with E-state index < -0.39 is 35.7 Å². The molecule has 0 aliphatic carbocycles. The lowest BCUT2D eigenvalue weighted by Crippen LogP contribution is -2.50. The predicted octanol–water partition coefficient (Wildman–Crippen LogP) is 1.51. The summed E-state index contributed by atoms with van der Waals surface area (Å²) in [7, 11) is 2.35. The molecule has 138 valence electrons. The van der Waals surface area contributed by atoms with E-state index in [2.05, 4.69) is 19.8 Å². The number of rotatable bonds is 3. The molecule has 0 aromatic carbocycles. The SMILES string of the molecule is COC(=O)[C@H]1CN(C(=O)Nc2ccc(OC)nc2C(F)(F)F)CCO1. The van der Waals surface area contributed by atoms with Gasteiger partial charge in [0.25, 0.3) is 0 Å². The van der Waals surface area contributed by atoms with Gasteiger partial charge in [-0.2, -0.15) is 13.2 Å². The predicted molar refractivity (Wildman–Crippen MR) is 78.1 cm³/mol. The fraction of sp³-hybridized carbons (Fsp3) is 0.500. The minimum atomic E-state index is -4.78. The highest BCUT2D eigenvalue weighted by atomic mass is 19.4. The van der Waals surface area contributed by atoms with Crippen molar-refractivity contribution in [3.05, 3.63) is 17.8 Å². The molecule has 2 rings (SSSR count). The Balaban J connectivity index is 2.16. The Kier molecular flexibility index (Phi) is 5.67. The number of nitrogens with one attached hydrogen (secondary N) is 1. The molecular weight excluding hydrogens is 347 g/mol. The van der Waals surface area contributed by atoms with Gasteiger partial charge < -0.3 is 24.4 Å². The number of morpholine rings is 1. The van der Waals surface area contributed by atoms with Gasteiger partial charge in [0.05, 0.1) is 33.1 Å². The van der Waals surface area contributed by atoms with Crippen molar-refractivity contribution in [2.45, 2.75) is 12.3 Å². The average molecular weight is 363 g/mol. The van der Waals surface area contributed by atoms with Crippen molar-refractivity contribution < 1.29 is 37.0 Å². The van der Waals surface area contributed by atoms with Crippen LogP contribution >= 0.6 is 0 Å². The van der Waals surface area contributed by atoms with Crippen LogP contribution in [0.4, 0.5) is 23.7 Å². The minimum absolute atomic E-state index is 0.0557. The monoisotopic (exact) mass is 363 g/mol. The Morgan fingerprint density at radius 1 is 1.36 bits per heavy atom. The fourth-order valence-electron chi connectivity index (χ4n) is 2.17. The number of aromatic nitrogens is 1. The van der Waals surface area contributed by atoms with E-state index in [1.807, 2.05) is 0 Å². The zero-order valence-electron chi connectivity index (χ0n) is 13.4. The van der Waals surface area contributed by atoms with Crippen LogP contribution in [0.25, 0.3) is 0 Å². The maximum Gasteiger partial charge on any atom is 0.435 e. The van der Waals surface area contributed by atoms with E-state index in [0.717, 1.165) is 11.0 Å². The molecule has 8 nitrogen and oxygen atoms in total. The lowest BCUT2D eigenvalue weighted by atomic mass is 10.2. The summed E-state index contributed by atoms with van der Waals surface area (Å²) in [5.74, 6) is -0.901. The molecule has 0 saturated carbocycles. The number of amides is 2. The smallest absolute Gasteiger partial charge is 0.435 e. The van der Waals surface area contributed by atoms with E-state index in [-0.39, 0.29) is 25.6 Å². The van der Waals surface area contributed by atoms with Crippen LogP contribution in [0.1, 0.15) is 5.69 Å². The summed E-state index contributed by atoms with van der Waals surface area (Å²) in [6, 6.07) is 1.43. The first-order valence-electron chi connectivity index (χ1n) is 7.14. The van der Waals surface area contributed by atoms with Crippen molar-refractivity contribution in [1.82, 2.24) is 9.88 Å². The van der Waals surface area contributed by atoms with Crippen molar-refractivity contribution in [2.75, 3.05) is 39.2 Å². The Labute approximate surface area is 140 Å². The summed E-state index contributed by atoms with van der Waals surface area (Å²) < 4.78 is 53.7. The second-order valence-corrected chi connectivity index (χ2v) is 5.01. The van der Waals surface area contributed by atoms with Crippen LogP contribution in [0.5, 0.6) is 5.88 Å². The van der Waals surface area contributed by atoms with E-state index in [1.54, 1.807) is 0 Å². The van der Waals surface area contributed by atoms with Crippen LogP contribution in [0.15, 0.2) is 12.1 Å². The average Bonchev–Trinajstić information content (AvgIpc) is 2.60. The summed E-state index contributed by atoms with van der Waals surface area (Å²) in [6.07, 6.45) is -5.77. The maximum atomic E-state index is 13.1. The van der Waals surface area contributed by atoms with Crippen LogP contribution in [0.3, 0.4) is 0 Å². The molecule has 11 heteroatoms. The number of hydrogen-bond acceptors (Lipinski definition) is 6. The molecule has 1 aromatic rings. The number of carbonyl (C=O) groups excluding carboxylic acids is 2. The van der Waals surface area contributed by atoms with Gasteiger partial charge in [-0.05, 0) is 6.07 Å². The molecule has 1 atom stereocenters. The van der Waals surface area contributed by atoms with Crippen LogP contribution in [-0.4, -0.2) is 61.9 Å². The number of anilines is 1. The van der Waals surface area contributed by atoms with Crippen molar-refractivity contribution in [3.63, 3.8) is 0 Å². The Bertz CT molecular complexity index is 653. The number of pyridine rings is 1. The quantitative estimate of drug-likeness (QED) is 0.819. The minimum Gasteiger partial charge on any atom is -0.481 e. The molecule has 1 aliphatic rings. The number of urea groups is 1. The van der Waals surface area contributed by atoms with E-state index >= 15 is 0 Å². The molecule has 1 N–H and O–H groups in total. The first-order chi connectivity index (χ1) is 11.8. The highest BCUT2D eigenvalue weighted by Crippen LogP contribution is 2.34. The van der Waals surface area contributed by atoms with Gasteiger partial charge in [0.15, 0.2) is 11.8 Å². The van der Waals surface area contributed by atoms with Crippen LogP contribution in [0, 0.1) is 0 Å². The highest BCUT2D eigenvalue weighted by molar-refractivity contribution is 5.90. The second kappa shape index (κ2) is 7.55. The fourth-order valence-corrected chi connectivity index (χ4v) is 2.17. The van der Waals surface area contributed by atoms with Crippen molar-refractivity contribution in [3.8, 4) is 5.88 Å². The van der Waals surface area contributed by atoms with E-state index in [4.69, 9.17) is 4.74 Å². The van der Waals surface area contributed by atoms with Gasteiger partial charge in [0, 0.05) is 12.6 Å². The number of methoxy groups -OCH3 is 2. The second-order valence-electron chi connectivity index (χ2n) is 5.01. The Morgan fingerprint density at radius 3 is 2.68 bits per heavy atom. The Morgan fingerprint density at radius 2 is 2.08 bits per heavy atom. The number of ether oxygens (including phenoxy) is 3. The molecule has 1 aliphatic heterocycles. The molecule has 25 heavy (non-hydrogen) atoms. The molecule has 2 amide bonds. The van der Waals surface area contributed by atoms with Gasteiger partial charge in [-0.1, -0.05) is 0 Å². The largest absolute Gasteiger partial charge is 0.481 e. The topological polar surface area (TPSA) is 90.0 Å². The first kappa shape index (κ1) is 18.8. The molecule has 0 radical (unpaired) electrons. The summed E-state index contributed by atoms with van der Waals surface area (Å²) >= 11 is 0. The van der Waals surface area contributed by atoms with Crippen molar-refractivity contribution in [1.29, 1.82) is 0 Å². The number of halogens is 3. The van der Waals surface area contributed by atoms with Gasteiger partial charge in [0.2, 0.25) is 5.88 Å². The summed E-state index contributed by atoms with van der Waals surface area (Å²) in [5, 5.41) is 2.16. The van der Waals surface area contributed by atoms with Crippen LogP contribution in [-0.2, 0) is 20.4 Å². The van der Waals surface area contributed by atoms with E-state index in [0.29, 0.717) is 0 Å². The number of alkyl halides is 3.